The first-order valence-electron chi connectivity index (χ1n) is 16.0. The van der Waals surface area contributed by atoms with Gasteiger partial charge in [0.15, 0.2) is 0 Å². The van der Waals surface area contributed by atoms with Gasteiger partial charge in [-0.2, -0.15) is 13.2 Å². The van der Waals surface area contributed by atoms with Crippen molar-refractivity contribution in [3.05, 3.63) is 125 Å². The van der Waals surface area contributed by atoms with Gasteiger partial charge in [-0.05, 0) is 63.1 Å². The Morgan fingerprint density at radius 1 is 0.857 bits per heavy atom. The number of ether oxygens (including phenoxy) is 1. The molecule has 0 aromatic heterocycles. The van der Waals surface area contributed by atoms with Crippen LogP contribution in [-0.2, 0) is 46.6 Å². The summed E-state index contributed by atoms with van der Waals surface area (Å²) in [6, 6.07) is 25.2. The van der Waals surface area contributed by atoms with Gasteiger partial charge in [0.2, 0.25) is 11.8 Å². The number of aliphatic carboxylic acids is 1. The predicted octanol–water partition coefficient (Wildman–Crippen LogP) is 7.45. The molecule has 0 fully saturated rings. The Morgan fingerprint density at radius 2 is 1.49 bits per heavy atom. The second-order valence-corrected chi connectivity index (χ2v) is 13.6. The first-order valence-corrected chi connectivity index (χ1v) is 16.0. The molecule has 256 valence electrons. The third kappa shape index (κ3) is 9.28. The van der Waals surface area contributed by atoms with E-state index in [9.17, 15) is 32.7 Å². The van der Waals surface area contributed by atoms with Gasteiger partial charge in [-0.15, -0.1) is 0 Å². The zero-order chi connectivity index (χ0) is 35.3. The summed E-state index contributed by atoms with van der Waals surface area (Å²) in [6.07, 6.45) is -4.01. The minimum atomic E-state index is -4.42. The van der Waals surface area contributed by atoms with Gasteiger partial charge in [-0.3, -0.25) is 9.59 Å². The number of carboxylic acids is 1. The summed E-state index contributed by atoms with van der Waals surface area (Å²) in [5.74, 6) is -1.50. The van der Waals surface area contributed by atoms with E-state index in [1.54, 1.807) is 18.2 Å². The van der Waals surface area contributed by atoms with Crippen molar-refractivity contribution < 1.29 is 37.4 Å². The molecule has 49 heavy (non-hydrogen) atoms. The van der Waals surface area contributed by atoms with Crippen LogP contribution < -0.4 is 10.1 Å². The van der Waals surface area contributed by atoms with Gasteiger partial charge in [-0.1, -0.05) is 93.6 Å². The molecule has 0 bridgehead atoms. The molecule has 5 rings (SSSR count). The zero-order valence-electron chi connectivity index (χ0n) is 27.6. The number of fused-ring (bicyclic) bond motifs is 1. The molecule has 1 aliphatic rings. The van der Waals surface area contributed by atoms with E-state index in [4.69, 9.17) is 4.74 Å². The minimum Gasteiger partial charge on any atom is -0.489 e. The van der Waals surface area contributed by atoms with E-state index >= 15 is 0 Å². The summed E-state index contributed by atoms with van der Waals surface area (Å²) in [4.78, 5) is 41.2. The highest BCUT2D eigenvalue weighted by Gasteiger charge is 2.37. The molecule has 0 unspecified atom stereocenters. The van der Waals surface area contributed by atoms with E-state index in [1.165, 1.54) is 17.0 Å². The van der Waals surface area contributed by atoms with Crippen molar-refractivity contribution in [2.75, 3.05) is 0 Å². The Bertz CT molecular complexity index is 1780. The SMILES string of the molecule is CC(C)(C)CC(=O)N1Cc2cc(OCc3ccc(C(F)(F)F)cc3)ccc2C[C@H]1C(=O)N[C@@H](Cc1ccc(-c2ccccc2)cc1)C(=O)O. The van der Waals surface area contributed by atoms with Gasteiger partial charge in [0, 0.05) is 25.8 Å². The molecule has 1 aliphatic heterocycles. The van der Waals surface area contributed by atoms with Crippen LogP contribution in [0.3, 0.4) is 0 Å². The lowest BCUT2D eigenvalue weighted by atomic mass is 9.88. The maximum absolute atomic E-state index is 13.8. The average molecular weight is 673 g/mol. The van der Waals surface area contributed by atoms with Gasteiger partial charge in [0.1, 0.15) is 24.4 Å². The molecule has 4 aromatic rings. The third-order valence-electron chi connectivity index (χ3n) is 8.41. The van der Waals surface area contributed by atoms with Crippen LogP contribution in [0, 0.1) is 5.41 Å². The lowest BCUT2D eigenvalue weighted by Crippen LogP contribution is -2.56. The van der Waals surface area contributed by atoms with Crippen molar-refractivity contribution in [1.29, 1.82) is 0 Å². The molecule has 0 saturated heterocycles. The van der Waals surface area contributed by atoms with E-state index < -0.39 is 35.7 Å². The molecular weight excluding hydrogens is 633 g/mol. The standard InChI is InChI=1S/C39H39F3N2O5/c1-38(2,3)22-35(45)44-23-30-20-32(49-24-26-11-16-31(17-12-26)39(40,41)42)18-15-29(30)21-34(44)36(46)43-33(37(47)48)19-25-9-13-28(14-10-25)27-7-5-4-6-8-27/h4-18,20,33-34H,19,21-24H2,1-3H3,(H,43,46)(H,47,48)/t33-,34-/m0/s1. The number of amides is 2. The van der Waals surface area contributed by atoms with E-state index in [1.807, 2.05) is 75.4 Å². The monoisotopic (exact) mass is 672 g/mol. The van der Waals surface area contributed by atoms with E-state index in [2.05, 4.69) is 5.32 Å². The highest BCUT2D eigenvalue weighted by molar-refractivity contribution is 5.91. The Morgan fingerprint density at radius 3 is 2.10 bits per heavy atom. The highest BCUT2D eigenvalue weighted by atomic mass is 19.4. The van der Waals surface area contributed by atoms with Gasteiger partial charge < -0.3 is 20.1 Å². The second kappa shape index (κ2) is 14.6. The fourth-order valence-electron chi connectivity index (χ4n) is 5.83. The Kier molecular flexibility index (Phi) is 10.5. The molecule has 2 atom stereocenters. The molecule has 2 amide bonds. The van der Waals surface area contributed by atoms with Crippen LogP contribution in [0.15, 0.2) is 97.1 Å². The third-order valence-corrected chi connectivity index (χ3v) is 8.41. The predicted molar refractivity (Wildman–Crippen MR) is 179 cm³/mol. The summed E-state index contributed by atoms with van der Waals surface area (Å²) in [5, 5.41) is 12.7. The lowest BCUT2D eigenvalue weighted by molar-refractivity contribution is -0.146. The van der Waals surface area contributed by atoms with E-state index in [-0.39, 0.29) is 43.7 Å². The van der Waals surface area contributed by atoms with E-state index in [0.29, 0.717) is 11.3 Å². The Hall–Kier alpha value is -5.12. The number of carboxylic acid groups (broad SMARTS) is 1. The van der Waals surface area contributed by atoms with Crippen molar-refractivity contribution in [2.24, 2.45) is 5.41 Å². The smallest absolute Gasteiger partial charge is 0.416 e. The summed E-state index contributed by atoms with van der Waals surface area (Å²) in [7, 11) is 0. The molecule has 4 aromatic carbocycles. The molecule has 0 spiro atoms. The number of carbonyl (C=O) groups excluding carboxylic acids is 2. The quantitative estimate of drug-likeness (QED) is 0.183. The van der Waals surface area contributed by atoms with Crippen molar-refractivity contribution in [1.82, 2.24) is 10.2 Å². The van der Waals surface area contributed by atoms with Gasteiger partial charge in [0.25, 0.3) is 0 Å². The fourth-order valence-corrected chi connectivity index (χ4v) is 5.83. The summed E-state index contributed by atoms with van der Waals surface area (Å²) >= 11 is 0. The van der Waals surface area contributed by atoms with Crippen LogP contribution in [0.25, 0.3) is 11.1 Å². The first-order chi connectivity index (χ1) is 23.2. The maximum Gasteiger partial charge on any atom is 0.416 e. The minimum absolute atomic E-state index is 0.0418. The number of nitrogens with one attached hydrogen (secondary N) is 1. The fraction of sp³-hybridized carbons (Fsp3) is 0.308. The molecule has 7 nitrogen and oxygen atoms in total. The Balaban J connectivity index is 1.31. The maximum atomic E-state index is 13.8. The molecule has 2 N–H and O–H groups in total. The molecule has 0 saturated carbocycles. The van der Waals surface area contributed by atoms with Crippen LogP contribution in [0.4, 0.5) is 13.2 Å². The number of alkyl halides is 3. The van der Waals surface area contributed by atoms with Crippen LogP contribution in [0.1, 0.15) is 55.0 Å². The molecule has 0 radical (unpaired) electrons. The molecule has 0 aliphatic carbocycles. The highest BCUT2D eigenvalue weighted by Crippen LogP contribution is 2.32. The normalized spacial score (nSPS) is 15.2. The molecule has 10 heteroatoms. The largest absolute Gasteiger partial charge is 0.489 e. The van der Waals surface area contributed by atoms with Gasteiger partial charge in [-0.25, -0.2) is 4.79 Å². The number of benzene rings is 4. The van der Waals surface area contributed by atoms with Crippen molar-refractivity contribution in [3.8, 4) is 16.9 Å². The Labute approximate surface area is 283 Å². The average Bonchev–Trinajstić information content (AvgIpc) is 3.06. The molecular formula is C39H39F3N2O5. The van der Waals surface area contributed by atoms with Crippen molar-refractivity contribution in [3.63, 3.8) is 0 Å². The van der Waals surface area contributed by atoms with Gasteiger partial charge >= 0.3 is 12.1 Å². The number of hydrogen-bond donors (Lipinski definition) is 2. The van der Waals surface area contributed by atoms with Crippen LogP contribution in [0.2, 0.25) is 0 Å². The lowest BCUT2D eigenvalue weighted by Gasteiger charge is -2.38. The first kappa shape index (κ1) is 35.2. The van der Waals surface area contributed by atoms with Crippen molar-refractivity contribution >= 4 is 17.8 Å². The molecule has 1 heterocycles. The van der Waals surface area contributed by atoms with Crippen LogP contribution in [0.5, 0.6) is 5.75 Å². The number of carbonyl (C=O) groups is 3. The number of hydrogen-bond acceptors (Lipinski definition) is 4. The van der Waals surface area contributed by atoms with Gasteiger partial charge in [0.05, 0.1) is 5.56 Å². The number of nitrogens with zero attached hydrogens (tertiary/aromatic N) is 1. The van der Waals surface area contributed by atoms with E-state index in [0.717, 1.165) is 39.9 Å². The summed E-state index contributed by atoms with van der Waals surface area (Å²) < 4.78 is 44.6. The summed E-state index contributed by atoms with van der Waals surface area (Å²) in [5.41, 5.74) is 3.80. The van der Waals surface area contributed by atoms with Crippen molar-refractivity contribution in [2.45, 2.75) is 71.4 Å². The topological polar surface area (TPSA) is 95.9 Å². The van der Waals surface area contributed by atoms with Crippen LogP contribution in [-0.4, -0.2) is 39.9 Å². The van der Waals surface area contributed by atoms with Crippen LogP contribution >= 0.6 is 0 Å². The second-order valence-electron chi connectivity index (χ2n) is 13.6. The number of rotatable bonds is 10. The number of halogens is 3. The zero-order valence-corrected chi connectivity index (χ0v) is 27.6. The summed E-state index contributed by atoms with van der Waals surface area (Å²) in [6.45, 7) is 5.93.